The van der Waals surface area contributed by atoms with Crippen molar-refractivity contribution in [2.75, 3.05) is 13.2 Å². The van der Waals surface area contributed by atoms with Crippen LogP contribution in [0.3, 0.4) is 0 Å². The van der Waals surface area contributed by atoms with Crippen LogP contribution in [0.4, 0.5) is 0 Å². The van der Waals surface area contributed by atoms with Crippen molar-refractivity contribution in [1.82, 2.24) is 9.88 Å². The molecule has 1 aromatic rings. The van der Waals surface area contributed by atoms with Crippen molar-refractivity contribution in [2.45, 2.75) is 45.7 Å². The molecule has 0 saturated carbocycles. The van der Waals surface area contributed by atoms with Gasteiger partial charge in [-0.25, -0.2) is 4.98 Å². The number of hydrogen-bond donors (Lipinski definition) is 0. The van der Waals surface area contributed by atoms with E-state index in [0.29, 0.717) is 6.61 Å². The third-order valence-electron chi connectivity index (χ3n) is 3.19. The minimum absolute atomic E-state index is 0.0725. The van der Waals surface area contributed by atoms with Crippen molar-refractivity contribution in [3.05, 3.63) is 16.1 Å². The highest BCUT2D eigenvalue weighted by Gasteiger charge is 2.31. The lowest BCUT2D eigenvalue weighted by atomic mass is 10.2. The summed E-state index contributed by atoms with van der Waals surface area (Å²) in [6, 6.07) is -0.0725. The predicted octanol–water partition coefficient (Wildman–Crippen LogP) is 2.23. The van der Waals surface area contributed by atoms with Crippen LogP contribution in [0.1, 0.15) is 37.4 Å². The van der Waals surface area contributed by atoms with Gasteiger partial charge in [-0.1, -0.05) is 6.92 Å². The van der Waals surface area contributed by atoms with E-state index in [1.807, 2.05) is 6.92 Å². The molecular weight excluding hydrogens is 248 g/mol. The van der Waals surface area contributed by atoms with E-state index in [4.69, 9.17) is 4.74 Å². The fourth-order valence-corrected chi connectivity index (χ4v) is 3.05. The van der Waals surface area contributed by atoms with E-state index < -0.39 is 0 Å². The van der Waals surface area contributed by atoms with Crippen molar-refractivity contribution in [3.8, 4) is 0 Å². The molecule has 18 heavy (non-hydrogen) atoms. The zero-order valence-corrected chi connectivity index (χ0v) is 11.8. The molecule has 0 bridgehead atoms. The Morgan fingerprint density at radius 2 is 2.44 bits per heavy atom. The zero-order chi connectivity index (χ0) is 13.0. The van der Waals surface area contributed by atoms with E-state index in [0.717, 1.165) is 43.1 Å². The van der Waals surface area contributed by atoms with Crippen molar-refractivity contribution in [1.29, 1.82) is 0 Å². The molecule has 1 atom stereocenters. The summed E-state index contributed by atoms with van der Waals surface area (Å²) in [4.78, 5) is 18.6. The highest BCUT2D eigenvalue weighted by molar-refractivity contribution is 7.09. The fourth-order valence-electron chi connectivity index (χ4n) is 2.31. The molecule has 1 saturated heterocycles. The lowest BCUT2D eigenvalue weighted by molar-refractivity contribution is -0.148. The molecule has 0 amide bonds. The first-order chi connectivity index (χ1) is 8.74. The predicted molar refractivity (Wildman–Crippen MR) is 71.6 cm³/mol. The Morgan fingerprint density at radius 1 is 1.61 bits per heavy atom. The summed E-state index contributed by atoms with van der Waals surface area (Å²) in [5.41, 5.74) is 1.08. The molecule has 1 fully saturated rings. The lowest BCUT2D eigenvalue weighted by Gasteiger charge is -2.21. The smallest absolute Gasteiger partial charge is 0.323 e. The van der Waals surface area contributed by atoms with Crippen LogP contribution in [-0.2, 0) is 22.5 Å². The third kappa shape index (κ3) is 3.09. The van der Waals surface area contributed by atoms with Crippen LogP contribution in [0.5, 0.6) is 0 Å². The Hall–Kier alpha value is -0.940. The van der Waals surface area contributed by atoms with Gasteiger partial charge in [-0.15, -0.1) is 11.3 Å². The van der Waals surface area contributed by atoms with E-state index in [-0.39, 0.29) is 12.0 Å². The second kappa shape index (κ2) is 6.29. The Morgan fingerprint density at radius 3 is 3.11 bits per heavy atom. The van der Waals surface area contributed by atoms with Crippen molar-refractivity contribution < 1.29 is 9.53 Å². The summed E-state index contributed by atoms with van der Waals surface area (Å²) in [6.07, 6.45) is 2.95. The SMILES string of the molecule is CCOC(=O)C1CCCN1Cc1csc(CC)n1. The first-order valence-corrected chi connectivity index (χ1v) is 7.46. The van der Waals surface area contributed by atoms with Crippen molar-refractivity contribution >= 4 is 17.3 Å². The van der Waals surface area contributed by atoms with Crippen LogP contribution in [0.15, 0.2) is 5.38 Å². The van der Waals surface area contributed by atoms with Gasteiger partial charge < -0.3 is 4.74 Å². The molecule has 1 unspecified atom stereocenters. The number of ether oxygens (including phenoxy) is 1. The van der Waals surface area contributed by atoms with Crippen LogP contribution >= 0.6 is 11.3 Å². The number of carbonyl (C=O) groups is 1. The largest absolute Gasteiger partial charge is 0.465 e. The van der Waals surface area contributed by atoms with Gasteiger partial charge >= 0.3 is 5.97 Å². The van der Waals surface area contributed by atoms with Gasteiger partial charge in [-0.2, -0.15) is 0 Å². The maximum absolute atomic E-state index is 11.8. The molecular formula is C13H20N2O2S. The van der Waals surface area contributed by atoms with Gasteiger partial charge in [-0.3, -0.25) is 9.69 Å². The summed E-state index contributed by atoms with van der Waals surface area (Å²) >= 11 is 1.70. The number of carbonyl (C=O) groups excluding carboxylic acids is 1. The molecule has 1 aliphatic rings. The van der Waals surface area contributed by atoms with E-state index >= 15 is 0 Å². The van der Waals surface area contributed by atoms with E-state index in [9.17, 15) is 4.79 Å². The number of esters is 1. The molecule has 5 heteroatoms. The molecule has 0 N–H and O–H groups in total. The van der Waals surface area contributed by atoms with E-state index in [1.54, 1.807) is 11.3 Å². The lowest BCUT2D eigenvalue weighted by Crippen LogP contribution is -2.36. The average molecular weight is 268 g/mol. The molecule has 0 spiro atoms. The molecule has 100 valence electrons. The number of aryl methyl sites for hydroxylation is 1. The maximum atomic E-state index is 11.8. The summed E-state index contributed by atoms with van der Waals surface area (Å²) in [7, 11) is 0. The summed E-state index contributed by atoms with van der Waals surface area (Å²) in [6.45, 7) is 6.15. The van der Waals surface area contributed by atoms with Gasteiger partial charge in [0.05, 0.1) is 17.3 Å². The molecule has 4 nitrogen and oxygen atoms in total. The summed E-state index contributed by atoms with van der Waals surface area (Å²) in [5.74, 6) is -0.0825. The van der Waals surface area contributed by atoms with Crippen LogP contribution in [-0.4, -0.2) is 35.0 Å². The molecule has 1 aliphatic heterocycles. The first-order valence-electron chi connectivity index (χ1n) is 6.58. The number of rotatable bonds is 5. The Kier molecular flexibility index (Phi) is 4.72. The summed E-state index contributed by atoms with van der Waals surface area (Å²) < 4.78 is 5.12. The quantitative estimate of drug-likeness (QED) is 0.768. The highest BCUT2D eigenvalue weighted by atomic mass is 32.1. The molecule has 0 radical (unpaired) electrons. The topological polar surface area (TPSA) is 42.4 Å². The highest BCUT2D eigenvalue weighted by Crippen LogP contribution is 2.22. The monoisotopic (exact) mass is 268 g/mol. The van der Waals surface area contributed by atoms with E-state index in [1.165, 1.54) is 0 Å². The number of hydrogen-bond acceptors (Lipinski definition) is 5. The Balaban J connectivity index is 1.97. The third-order valence-corrected chi connectivity index (χ3v) is 4.23. The fraction of sp³-hybridized carbons (Fsp3) is 0.692. The number of aromatic nitrogens is 1. The van der Waals surface area contributed by atoms with E-state index in [2.05, 4.69) is 22.2 Å². The Bertz CT molecular complexity index is 405. The van der Waals surface area contributed by atoms with Crippen molar-refractivity contribution in [3.63, 3.8) is 0 Å². The number of thiazole rings is 1. The second-order valence-electron chi connectivity index (χ2n) is 4.47. The molecule has 0 aromatic carbocycles. The van der Waals surface area contributed by atoms with Crippen LogP contribution in [0.2, 0.25) is 0 Å². The normalized spacial score (nSPS) is 20.2. The number of likely N-dealkylation sites (tertiary alicyclic amines) is 1. The van der Waals surface area contributed by atoms with Crippen LogP contribution in [0, 0.1) is 0 Å². The molecule has 2 heterocycles. The average Bonchev–Trinajstić information content (AvgIpc) is 2.99. The maximum Gasteiger partial charge on any atom is 0.323 e. The van der Waals surface area contributed by atoms with Gasteiger partial charge in [0, 0.05) is 11.9 Å². The molecule has 0 aliphatic carbocycles. The van der Waals surface area contributed by atoms with Crippen molar-refractivity contribution in [2.24, 2.45) is 0 Å². The van der Waals surface area contributed by atoms with Gasteiger partial charge in [-0.05, 0) is 32.7 Å². The first kappa shape index (κ1) is 13.5. The van der Waals surface area contributed by atoms with Gasteiger partial charge in [0.15, 0.2) is 0 Å². The number of nitrogens with zero attached hydrogens (tertiary/aromatic N) is 2. The summed E-state index contributed by atoms with van der Waals surface area (Å²) in [5, 5.41) is 3.26. The zero-order valence-electron chi connectivity index (χ0n) is 11.0. The molecule has 2 rings (SSSR count). The van der Waals surface area contributed by atoms with Crippen LogP contribution in [0.25, 0.3) is 0 Å². The minimum Gasteiger partial charge on any atom is -0.465 e. The standard InChI is InChI=1S/C13H20N2O2S/c1-3-12-14-10(9-18-12)8-15-7-5-6-11(15)13(16)17-4-2/h9,11H,3-8H2,1-2H3. The van der Waals surface area contributed by atoms with Gasteiger partial charge in [0.1, 0.15) is 6.04 Å². The minimum atomic E-state index is -0.0825. The second-order valence-corrected chi connectivity index (χ2v) is 5.41. The van der Waals surface area contributed by atoms with Gasteiger partial charge in [0.2, 0.25) is 0 Å². The molecule has 1 aromatic heterocycles. The Labute approximate surface area is 112 Å². The van der Waals surface area contributed by atoms with Crippen LogP contribution < -0.4 is 0 Å². The van der Waals surface area contributed by atoms with Gasteiger partial charge in [0.25, 0.3) is 0 Å².